The van der Waals surface area contributed by atoms with Gasteiger partial charge in [-0.1, -0.05) is 12.1 Å². The van der Waals surface area contributed by atoms with Crippen LogP contribution in [0.15, 0.2) is 42.6 Å². The van der Waals surface area contributed by atoms with Gasteiger partial charge in [0.15, 0.2) is 0 Å². The van der Waals surface area contributed by atoms with E-state index in [1.54, 1.807) is 25.2 Å². The smallest absolute Gasteiger partial charge is 0.254 e. The summed E-state index contributed by atoms with van der Waals surface area (Å²) < 4.78 is 0. The summed E-state index contributed by atoms with van der Waals surface area (Å²) in [6, 6.07) is 12.6. The van der Waals surface area contributed by atoms with Gasteiger partial charge < -0.3 is 25.3 Å². The molecular weight excluding hydrogens is 452 g/mol. The summed E-state index contributed by atoms with van der Waals surface area (Å²) in [5.74, 6) is 2.02. The quantitative estimate of drug-likeness (QED) is 0.601. The molecule has 1 unspecified atom stereocenters. The van der Waals surface area contributed by atoms with Crippen LogP contribution in [0, 0.1) is 0 Å². The predicted molar refractivity (Wildman–Crippen MR) is 143 cm³/mol. The molecule has 3 aromatic rings. The molecule has 1 amide bonds. The molecule has 1 atom stereocenters. The maximum Gasteiger partial charge on any atom is 0.254 e. The third-order valence-corrected chi connectivity index (χ3v) is 7.14. The van der Waals surface area contributed by atoms with Gasteiger partial charge in [-0.3, -0.25) is 9.78 Å². The molecule has 4 heterocycles. The highest BCUT2D eigenvalue weighted by Crippen LogP contribution is 2.32. The number of nitrogens with zero attached hydrogens (tertiary/aromatic N) is 7. The zero-order valence-electron chi connectivity index (χ0n) is 21.5. The molecule has 9 nitrogen and oxygen atoms in total. The monoisotopic (exact) mass is 486 g/mol. The fourth-order valence-electron chi connectivity index (χ4n) is 4.94. The number of fused-ring (bicyclic) bond motifs is 1. The molecule has 1 saturated heterocycles. The van der Waals surface area contributed by atoms with Crippen molar-refractivity contribution in [1.82, 2.24) is 24.8 Å². The van der Waals surface area contributed by atoms with Crippen LogP contribution in [0.3, 0.4) is 0 Å². The van der Waals surface area contributed by atoms with Gasteiger partial charge in [-0.25, -0.2) is 0 Å². The number of nitrogen functional groups attached to an aromatic ring is 1. The molecule has 2 aromatic heterocycles. The molecule has 9 heteroatoms. The predicted octanol–water partition coefficient (Wildman–Crippen LogP) is 2.53. The molecule has 2 aliphatic rings. The second kappa shape index (κ2) is 9.73. The van der Waals surface area contributed by atoms with Crippen LogP contribution in [0.4, 0.5) is 17.6 Å². The number of rotatable bonds is 4. The van der Waals surface area contributed by atoms with E-state index in [1.165, 1.54) is 11.1 Å². The van der Waals surface area contributed by atoms with Gasteiger partial charge in [0.1, 0.15) is 11.6 Å². The van der Waals surface area contributed by atoms with Crippen molar-refractivity contribution in [2.24, 2.45) is 0 Å². The van der Waals surface area contributed by atoms with Gasteiger partial charge in [0.25, 0.3) is 5.91 Å². The van der Waals surface area contributed by atoms with Crippen molar-refractivity contribution in [3.8, 4) is 11.3 Å². The topological polar surface area (TPSA) is 94.7 Å². The van der Waals surface area contributed by atoms with Crippen molar-refractivity contribution < 1.29 is 4.79 Å². The first-order valence-electron chi connectivity index (χ1n) is 12.4. The van der Waals surface area contributed by atoms with Crippen molar-refractivity contribution in [2.75, 3.05) is 62.9 Å². The Balaban J connectivity index is 1.40. The molecule has 5 rings (SSSR count). The van der Waals surface area contributed by atoms with Crippen molar-refractivity contribution in [3.05, 3.63) is 59.3 Å². The van der Waals surface area contributed by atoms with E-state index in [2.05, 4.69) is 67.9 Å². The molecular formula is C27H34N8O. The van der Waals surface area contributed by atoms with E-state index in [9.17, 15) is 4.79 Å². The molecule has 1 aromatic carbocycles. The summed E-state index contributed by atoms with van der Waals surface area (Å²) in [4.78, 5) is 34.4. The minimum Gasteiger partial charge on any atom is -0.368 e. The van der Waals surface area contributed by atoms with Crippen LogP contribution < -0.4 is 15.5 Å². The standard InChI is InChI=1S/C27H34N8O/c1-18-13-19-5-6-20(23-8-7-21(16-29-23)26(36)32(2)3)14-22(19)17-35(18)25-15-24(30-27(28)31-25)34-11-9-33(4)10-12-34/h5-8,14-16,18H,9-13,17H2,1-4H3,(H2,28,30,31). The van der Waals surface area contributed by atoms with Gasteiger partial charge in [0.2, 0.25) is 5.95 Å². The van der Waals surface area contributed by atoms with Crippen molar-refractivity contribution in [3.63, 3.8) is 0 Å². The first kappa shape index (κ1) is 24.0. The number of likely N-dealkylation sites (N-methyl/N-ethyl adjacent to an activating group) is 1. The number of nitrogens with two attached hydrogens (primary N) is 1. The first-order valence-corrected chi connectivity index (χ1v) is 12.4. The highest BCUT2D eigenvalue weighted by atomic mass is 16.2. The number of carbonyl (C=O) groups is 1. The Kier molecular flexibility index (Phi) is 6.49. The average Bonchev–Trinajstić information content (AvgIpc) is 2.87. The van der Waals surface area contributed by atoms with Crippen molar-refractivity contribution in [2.45, 2.75) is 25.9 Å². The lowest BCUT2D eigenvalue weighted by atomic mass is 9.92. The highest BCUT2D eigenvalue weighted by molar-refractivity contribution is 5.93. The van der Waals surface area contributed by atoms with E-state index in [1.807, 2.05) is 12.1 Å². The maximum atomic E-state index is 12.2. The van der Waals surface area contributed by atoms with Gasteiger partial charge in [0.05, 0.1) is 11.3 Å². The van der Waals surface area contributed by atoms with Gasteiger partial charge in [-0.15, -0.1) is 0 Å². The second-order valence-electron chi connectivity index (χ2n) is 10.0. The number of amides is 1. The van der Waals surface area contributed by atoms with Crippen LogP contribution in [0.25, 0.3) is 11.3 Å². The summed E-state index contributed by atoms with van der Waals surface area (Å²) >= 11 is 0. The lowest BCUT2D eigenvalue weighted by Crippen LogP contribution is -2.45. The lowest BCUT2D eigenvalue weighted by molar-refractivity contribution is 0.0827. The fraction of sp³-hybridized carbons (Fsp3) is 0.407. The Bertz CT molecular complexity index is 1250. The van der Waals surface area contributed by atoms with Gasteiger partial charge in [0, 0.05) is 70.7 Å². The highest BCUT2D eigenvalue weighted by Gasteiger charge is 2.26. The van der Waals surface area contributed by atoms with E-state index in [0.717, 1.165) is 62.0 Å². The van der Waals surface area contributed by atoms with E-state index in [-0.39, 0.29) is 11.9 Å². The Morgan fingerprint density at radius 1 is 1.00 bits per heavy atom. The fourth-order valence-corrected chi connectivity index (χ4v) is 4.94. The number of hydrogen-bond donors (Lipinski definition) is 1. The second-order valence-corrected chi connectivity index (χ2v) is 10.0. The summed E-state index contributed by atoms with van der Waals surface area (Å²) in [7, 11) is 5.63. The molecule has 2 aliphatic heterocycles. The Labute approximate surface area is 212 Å². The van der Waals surface area contributed by atoms with Crippen LogP contribution in [-0.4, -0.2) is 84.0 Å². The average molecular weight is 487 g/mol. The minimum atomic E-state index is -0.0517. The Morgan fingerprint density at radius 3 is 2.44 bits per heavy atom. The molecule has 36 heavy (non-hydrogen) atoms. The summed E-state index contributed by atoms with van der Waals surface area (Å²) in [6.07, 6.45) is 2.57. The molecule has 0 spiro atoms. The number of piperazine rings is 1. The van der Waals surface area contributed by atoms with Crippen LogP contribution >= 0.6 is 0 Å². The molecule has 0 aliphatic carbocycles. The Hall–Kier alpha value is -3.72. The van der Waals surface area contributed by atoms with E-state index in [4.69, 9.17) is 5.73 Å². The van der Waals surface area contributed by atoms with E-state index in [0.29, 0.717) is 11.5 Å². The van der Waals surface area contributed by atoms with Gasteiger partial charge in [-0.2, -0.15) is 9.97 Å². The molecule has 0 bridgehead atoms. The van der Waals surface area contributed by atoms with Crippen LogP contribution in [0.5, 0.6) is 0 Å². The Morgan fingerprint density at radius 2 is 1.75 bits per heavy atom. The molecule has 0 radical (unpaired) electrons. The lowest BCUT2D eigenvalue weighted by Gasteiger charge is -2.37. The number of carbonyl (C=O) groups excluding carboxylic acids is 1. The third kappa shape index (κ3) is 4.83. The van der Waals surface area contributed by atoms with Crippen molar-refractivity contribution >= 4 is 23.5 Å². The van der Waals surface area contributed by atoms with E-state index >= 15 is 0 Å². The zero-order valence-corrected chi connectivity index (χ0v) is 21.5. The third-order valence-electron chi connectivity index (χ3n) is 7.14. The number of benzene rings is 1. The molecule has 1 fully saturated rings. The number of aromatic nitrogens is 3. The van der Waals surface area contributed by atoms with Crippen LogP contribution in [0.2, 0.25) is 0 Å². The van der Waals surface area contributed by atoms with E-state index < -0.39 is 0 Å². The first-order chi connectivity index (χ1) is 17.3. The molecule has 188 valence electrons. The number of hydrogen-bond acceptors (Lipinski definition) is 8. The minimum absolute atomic E-state index is 0.0517. The number of anilines is 3. The van der Waals surface area contributed by atoms with Gasteiger partial charge in [-0.05, 0) is 49.7 Å². The molecule has 0 saturated carbocycles. The van der Waals surface area contributed by atoms with Crippen LogP contribution in [-0.2, 0) is 13.0 Å². The molecule has 2 N–H and O–H groups in total. The summed E-state index contributed by atoms with van der Waals surface area (Å²) in [6.45, 7) is 6.84. The number of pyridine rings is 1. The summed E-state index contributed by atoms with van der Waals surface area (Å²) in [5, 5.41) is 0. The van der Waals surface area contributed by atoms with Gasteiger partial charge >= 0.3 is 0 Å². The summed E-state index contributed by atoms with van der Waals surface area (Å²) in [5.41, 5.74) is 11.2. The van der Waals surface area contributed by atoms with Crippen LogP contribution in [0.1, 0.15) is 28.4 Å². The SMILES string of the molecule is CC1Cc2ccc(-c3ccc(C(=O)N(C)C)cn3)cc2CN1c1cc(N2CCN(C)CC2)nc(N)n1. The van der Waals surface area contributed by atoms with Crippen molar-refractivity contribution in [1.29, 1.82) is 0 Å². The largest absolute Gasteiger partial charge is 0.368 e. The zero-order chi connectivity index (χ0) is 25.4. The normalized spacial score (nSPS) is 18.2. The maximum absolute atomic E-state index is 12.2.